The highest BCUT2D eigenvalue weighted by Crippen LogP contribution is 2.15. The number of rotatable bonds is 43. The molecule has 0 rings (SSSR count). The van der Waals surface area contributed by atoms with Gasteiger partial charge in [0.15, 0.2) is 6.10 Å². The van der Waals surface area contributed by atoms with E-state index in [9.17, 15) is 14.4 Å². The predicted molar refractivity (Wildman–Crippen MR) is 256 cm³/mol. The van der Waals surface area contributed by atoms with Gasteiger partial charge in [0.1, 0.15) is 13.2 Å². The van der Waals surface area contributed by atoms with Crippen LogP contribution in [0.3, 0.4) is 0 Å². The second-order valence-corrected chi connectivity index (χ2v) is 16.1. The highest BCUT2D eigenvalue weighted by atomic mass is 16.6. The number of esters is 3. The summed E-state index contributed by atoms with van der Waals surface area (Å²) >= 11 is 0. The third kappa shape index (κ3) is 45.7. The standard InChI is InChI=1S/C54H90O6/c1-4-7-10-13-16-19-22-24-26-27-28-30-32-35-38-41-44-47-53(56)59-50-51(49-58-52(55)46-43-40-37-34-31-21-18-15-12-9-6-3)60-54(57)48-45-42-39-36-33-29-25-23-20-17-14-11-8-5-2/h7,10,13,15-16,18-19,22,24,26-28,30,32,51H,4-6,8-9,11-12,14,17,20-21,23,25,29,31,33-50H2,1-3H3/b10-7-,16-13-,18-15-,22-19-,26-24-,28-27+,32-30-. The molecule has 1 atom stereocenters. The van der Waals surface area contributed by atoms with Crippen LogP contribution < -0.4 is 0 Å². The molecule has 0 spiro atoms. The van der Waals surface area contributed by atoms with Crippen molar-refractivity contribution in [2.45, 2.75) is 226 Å². The molecule has 60 heavy (non-hydrogen) atoms. The number of ether oxygens (including phenoxy) is 3. The summed E-state index contributed by atoms with van der Waals surface area (Å²) in [6.07, 6.45) is 61.3. The van der Waals surface area contributed by atoms with Crippen LogP contribution in [0.25, 0.3) is 0 Å². The van der Waals surface area contributed by atoms with Gasteiger partial charge in [0.25, 0.3) is 0 Å². The van der Waals surface area contributed by atoms with Crippen LogP contribution in [0.4, 0.5) is 0 Å². The topological polar surface area (TPSA) is 78.9 Å². The number of hydrogen-bond donors (Lipinski definition) is 0. The molecule has 342 valence electrons. The van der Waals surface area contributed by atoms with Crippen molar-refractivity contribution in [3.8, 4) is 0 Å². The molecule has 0 fully saturated rings. The minimum absolute atomic E-state index is 0.0947. The Morgan fingerprint density at radius 1 is 0.350 bits per heavy atom. The molecule has 0 aliphatic carbocycles. The van der Waals surface area contributed by atoms with Crippen molar-refractivity contribution in [3.05, 3.63) is 85.1 Å². The summed E-state index contributed by atoms with van der Waals surface area (Å²) in [5.41, 5.74) is 0. The Morgan fingerprint density at radius 3 is 1.13 bits per heavy atom. The lowest BCUT2D eigenvalue weighted by molar-refractivity contribution is -0.167. The van der Waals surface area contributed by atoms with Gasteiger partial charge in [-0.25, -0.2) is 0 Å². The molecule has 0 aliphatic rings. The minimum atomic E-state index is -0.795. The maximum atomic E-state index is 12.8. The fourth-order valence-corrected chi connectivity index (χ4v) is 6.57. The van der Waals surface area contributed by atoms with Gasteiger partial charge in [-0.2, -0.15) is 0 Å². The predicted octanol–water partition coefficient (Wildman–Crippen LogP) is 16.0. The Morgan fingerprint density at radius 2 is 0.683 bits per heavy atom. The lowest BCUT2D eigenvalue weighted by Crippen LogP contribution is -2.30. The molecule has 0 aliphatic heterocycles. The zero-order chi connectivity index (χ0) is 43.7. The van der Waals surface area contributed by atoms with Crippen LogP contribution >= 0.6 is 0 Å². The fourth-order valence-electron chi connectivity index (χ4n) is 6.57. The average molecular weight is 835 g/mol. The molecule has 0 radical (unpaired) electrons. The molecule has 0 amide bonds. The first-order valence-electron chi connectivity index (χ1n) is 24.7. The summed E-state index contributed by atoms with van der Waals surface area (Å²) in [5.74, 6) is -0.950. The van der Waals surface area contributed by atoms with Crippen LogP contribution in [0, 0.1) is 0 Å². The van der Waals surface area contributed by atoms with Gasteiger partial charge in [0.05, 0.1) is 0 Å². The Labute approximate surface area is 369 Å². The molecule has 0 aromatic carbocycles. The Kier molecular flexibility index (Phi) is 45.5. The van der Waals surface area contributed by atoms with Crippen molar-refractivity contribution in [1.82, 2.24) is 0 Å². The van der Waals surface area contributed by atoms with Gasteiger partial charge in [-0.05, 0) is 57.8 Å². The van der Waals surface area contributed by atoms with Crippen molar-refractivity contribution >= 4 is 17.9 Å². The highest BCUT2D eigenvalue weighted by molar-refractivity contribution is 5.71. The van der Waals surface area contributed by atoms with E-state index in [0.29, 0.717) is 19.3 Å². The van der Waals surface area contributed by atoms with Gasteiger partial charge < -0.3 is 14.2 Å². The molecule has 6 heteroatoms. The van der Waals surface area contributed by atoms with E-state index in [1.165, 1.54) is 96.3 Å². The molecule has 0 saturated carbocycles. The first-order chi connectivity index (χ1) is 29.5. The lowest BCUT2D eigenvalue weighted by Gasteiger charge is -2.18. The van der Waals surface area contributed by atoms with Crippen LogP contribution in [-0.2, 0) is 28.6 Å². The van der Waals surface area contributed by atoms with Gasteiger partial charge in [-0.3, -0.25) is 14.4 Å². The third-order valence-electron chi connectivity index (χ3n) is 10.3. The van der Waals surface area contributed by atoms with E-state index in [1.807, 2.05) is 60.8 Å². The molecular weight excluding hydrogens is 745 g/mol. The summed E-state index contributed by atoms with van der Waals surface area (Å²) in [5, 5.41) is 0. The number of carbonyl (C=O) groups is 3. The Bertz CT molecular complexity index is 1190. The van der Waals surface area contributed by atoms with Gasteiger partial charge in [0, 0.05) is 19.3 Å². The molecule has 6 nitrogen and oxygen atoms in total. The van der Waals surface area contributed by atoms with Gasteiger partial charge in [-0.1, -0.05) is 228 Å². The second kappa shape index (κ2) is 48.3. The second-order valence-electron chi connectivity index (χ2n) is 16.1. The molecule has 0 N–H and O–H groups in total. The van der Waals surface area contributed by atoms with Crippen molar-refractivity contribution in [1.29, 1.82) is 0 Å². The summed E-state index contributed by atoms with van der Waals surface area (Å²) in [6.45, 7) is 6.40. The van der Waals surface area contributed by atoms with E-state index < -0.39 is 6.10 Å². The molecule has 0 bridgehead atoms. The Balaban J connectivity index is 4.47. The normalized spacial score (nSPS) is 12.8. The third-order valence-corrected chi connectivity index (χ3v) is 10.3. The minimum Gasteiger partial charge on any atom is -0.462 e. The SMILES string of the molecule is CC\C=C/C=C\C=C/C=C\C=C\C=C/CCCCCC(=O)OCC(COC(=O)CCCCCCC/C=C\CCCC)OC(=O)CCCCCCCCCCCCCCCC. The van der Waals surface area contributed by atoms with E-state index in [1.54, 1.807) is 0 Å². The van der Waals surface area contributed by atoms with E-state index >= 15 is 0 Å². The van der Waals surface area contributed by atoms with Crippen molar-refractivity contribution in [2.75, 3.05) is 13.2 Å². The van der Waals surface area contributed by atoms with Crippen molar-refractivity contribution in [2.24, 2.45) is 0 Å². The molecule has 1 unspecified atom stereocenters. The summed E-state index contributed by atoms with van der Waals surface area (Å²) < 4.78 is 16.7. The maximum absolute atomic E-state index is 12.8. The van der Waals surface area contributed by atoms with Crippen LogP contribution in [0.15, 0.2) is 85.1 Å². The van der Waals surface area contributed by atoms with E-state index in [-0.39, 0.29) is 31.1 Å². The molecular formula is C54H90O6. The average Bonchev–Trinajstić information content (AvgIpc) is 3.24. The van der Waals surface area contributed by atoms with Crippen LogP contribution in [-0.4, -0.2) is 37.2 Å². The van der Waals surface area contributed by atoms with Crippen molar-refractivity contribution in [3.63, 3.8) is 0 Å². The van der Waals surface area contributed by atoms with Gasteiger partial charge >= 0.3 is 17.9 Å². The number of unbranched alkanes of at least 4 members (excludes halogenated alkanes) is 23. The molecule has 0 heterocycles. The zero-order valence-corrected chi connectivity index (χ0v) is 38.9. The molecule has 0 aromatic heterocycles. The lowest BCUT2D eigenvalue weighted by atomic mass is 10.0. The quantitative estimate of drug-likeness (QED) is 0.0200. The number of allylic oxidation sites excluding steroid dienone is 14. The highest BCUT2D eigenvalue weighted by Gasteiger charge is 2.19. The van der Waals surface area contributed by atoms with Gasteiger partial charge in [-0.15, -0.1) is 0 Å². The summed E-state index contributed by atoms with van der Waals surface area (Å²) in [4.78, 5) is 37.9. The maximum Gasteiger partial charge on any atom is 0.306 e. The number of hydrogen-bond acceptors (Lipinski definition) is 6. The van der Waals surface area contributed by atoms with Crippen LogP contribution in [0.2, 0.25) is 0 Å². The van der Waals surface area contributed by atoms with Crippen LogP contribution in [0.1, 0.15) is 220 Å². The largest absolute Gasteiger partial charge is 0.462 e. The zero-order valence-electron chi connectivity index (χ0n) is 38.9. The number of carbonyl (C=O) groups excluding carboxylic acids is 3. The molecule has 0 aromatic rings. The molecule has 0 saturated heterocycles. The van der Waals surface area contributed by atoms with Gasteiger partial charge in [0.2, 0.25) is 0 Å². The van der Waals surface area contributed by atoms with Crippen LogP contribution in [0.5, 0.6) is 0 Å². The first kappa shape index (κ1) is 56.6. The first-order valence-corrected chi connectivity index (χ1v) is 24.7. The smallest absolute Gasteiger partial charge is 0.306 e. The summed E-state index contributed by atoms with van der Waals surface area (Å²) in [6, 6.07) is 0. The van der Waals surface area contributed by atoms with E-state index in [2.05, 4.69) is 45.1 Å². The van der Waals surface area contributed by atoms with E-state index in [4.69, 9.17) is 14.2 Å². The van der Waals surface area contributed by atoms with E-state index in [0.717, 1.165) is 83.5 Å². The van der Waals surface area contributed by atoms with Crippen molar-refractivity contribution < 1.29 is 28.6 Å². The Hall–Kier alpha value is -3.41. The monoisotopic (exact) mass is 835 g/mol. The summed E-state index contributed by atoms with van der Waals surface area (Å²) in [7, 11) is 0. The fraction of sp³-hybridized carbons (Fsp3) is 0.685.